The topological polar surface area (TPSA) is 83.6 Å². The summed E-state index contributed by atoms with van der Waals surface area (Å²) in [6, 6.07) is 3.91. The minimum Gasteiger partial charge on any atom is -0.439 e. The van der Waals surface area contributed by atoms with Gasteiger partial charge in [0.1, 0.15) is 17.6 Å². The van der Waals surface area contributed by atoms with E-state index in [0.29, 0.717) is 6.20 Å². The van der Waals surface area contributed by atoms with E-state index in [1.54, 1.807) is 0 Å². The molecule has 148 valence electrons. The van der Waals surface area contributed by atoms with Gasteiger partial charge in [0.2, 0.25) is 11.8 Å². The lowest BCUT2D eigenvalue weighted by atomic mass is 10.2. The Morgan fingerprint density at radius 1 is 1.32 bits per heavy atom. The SMILES string of the molecule is CN1C(=O)NC[C@H]1C(=O)Nc1cc(F)cc(Oc2ccc(C(F)(F)F)cn2)c1. The van der Waals surface area contributed by atoms with E-state index in [-0.39, 0.29) is 23.9 Å². The van der Waals surface area contributed by atoms with E-state index in [1.807, 2.05) is 0 Å². The van der Waals surface area contributed by atoms with Crippen LogP contribution in [0.15, 0.2) is 36.5 Å². The minimum atomic E-state index is -4.54. The van der Waals surface area contributed by atoms with Crippen LogP contribution in [-0.2, 0) is 11.0 Å². The summed E-state index contributed by atoms with van der Waals surface area (Å²) in [6.07, 6.45) is -3.94. The lowest BCUT2D eigenvalue weighted by Crippen LogP contribution is -2.40. The zero-order chi connectivity index (χ0) is 20.5. The molecule has 11 heteroatoms. The van der Waals surface area contributed by atoms with Crippen molar-refractivity contribution in [3.63, 3.8) is 0 Å². The summed E-state index contributed by atoms with van der Waals surface area (Å²) in [5.41, 5.74) is -0.893. The number of ether oxygens (including phenoxy) is 1. The largest absolute Gasteiger partial charge is 0.439 e. The number of carbonyl (C=O) groups is 2. The van der Waals surface area contributed by atoms with Crippen LogP contribution < -0.4 is 15.4 Å². The molecule has 1 aromatic heterocycles. The second-order valence-electron chi connectivity index (χ2n) is 5.96. The quantitative estimate of drug-likeness (QED) is 0.776. The molecular weight excluding hydrogens is 384 g/mol. The van der Waals surface area contributed by atoms with Crippen molar-refractivity contribution in [1.82, 2.24) is 15.2 Å². The number of alkyl halides is 3. The predicted octanol–water partition coefficient (Wildman–Crippen LogP) is 2.99. The number of halogens is 4. The molecule has 28 heavy (non-hydrogen) atoms. The Kier molecular flexibility index (Phi) is 5.08. The third kappa shape index (κ3) is 4.30. The molecule has 2 aromatic rings. The average Bonchev–Trinajstić information content (AvgIpc) is 2.93. The van der Waals surface area contributed by atoms with Crippen molar-refractivity contribution in [2.24, 2.45) is 0 Å². The molecule has 3 rings (SSSR count). The summed E-state index contributed by atoms with van der Waals surface area (Å²) in [7, 11) is 1.45. The van der Waals surface area contributed by atoms with Gasteiger partial charge in [-0.25, -0.2) is 14.2 Å². The van der Waals surface area contributed by atoms with Gasteiger partial charge in [-0.05, 0) is 12.1 Å². The van der Waals surface area contributed by atoms with Crippen LogP contribution in [0.3, 0.4) is 0 Å². The number of aromatic nitrogens is 1. The highest BCUT2D eigenvalue weighted by Crippen LogP contribution is 2.30. The van der Waals surface area contributed by atoms with E-state index >= 15 is 0 Å². The van der Waals surface area contributed by atoms with E-state index in [1.165, 1.54) is 18.0 Å². The van der Waals surface area contributed by atoms with Crippen LogP contribution >= 0.6 is 0 Å². The van der Waals surface area contributed by atoms with Gasteiger partial charge in [0, 0.05) is 43.7 Å². The van der Waals surface area contributed by atoms with Crippen molar-refractivity contribution in [3.8, 4) is 11.6 Å². The molecule has 7 nitrogen and oxygen atoms in total. The second-order valence-corrected chi connectivity index (χ2v) is 5.96. The van der Waals surface area contributed by atoms with Crippen molar-refractivity contribution < 1.29 is 31.9 Å². The molecule has 3 amide bonds. The van der Waals surface area contributed by atoms with Crippen molar-refractivity contribution >= 4 is 17.6 Å². The summed E-state index contributed by atoms with van der Waals surface area (Å²) in [6.45, 7) is 0.106. The van der Waals surface area contributed by atoms with Gasteiger partial charge in [-0.3, -0.25) is 4.79 Å². The maximum atomic E-state index is 13.8. The standard InChI is InChI=1S/C17H14F4N4O3/c1-25-13(8-23-16(25)27)15(26)24-11-4-10(18)5-12(6-11)28-14-3-2-9(7-22-14)17(19,20)21/h2-7,13H,8H2,1H3,(H,23,27)(H,24,26)/t13-/m0/s1. The van der Waals surface area contributed by atoms with Crippen molar-refractivity contribution in [2.45, 2.75) is 12.2 Å². The number of hydrogen-bond acceptors (Lipinski definition) is 4. The predicted molar refractivity (Wildman–Crippen MR) is 89.3 cm³/mol. The fourth-order valence-corrected chi connectivity index (χ4v) is 2.50. The molecular formula is C17H14F4N4O3. The Balaban J connectivity index is 1.73. The summed E-state index contributed by atoms with van der Waals surface area (Å²) in [5, 5.41) is 4.96. The van der Waals surface area contributed by atoms with Gasteiger partial charge >= 0.3 is 12.2 Å². The number of urea groups is 1. The molecule has 0 spiro atoms. The normalized spacial score (nSPS) is 16.7. The number of nitrogens with one attached hydrogen (secondary N) is 2. The monoisotopic (exact) mass is 398 g/mol. The second kappa shape index (κ2) is 7.33. The number of pyridine rings is 1. The van der Waals surface area contributed by atoms with Crippen LogP contribution in [0, 0.1) is 5.82 Å². The summed E-state index contributed by atoms with van der Waals surface area (Å²) in [5.74, 6) is -1.53. The first-order valence-corrected chi connectivity index (χ1v) is 7.97. The molecule has 2 N–H and O–H groups in total. The van der Waals surface area contributed by atoms with Crippen LogP contribution in [-0.4, -0.2) is 41.5 Å². The van der Waals surface area contributed by atoms with Crippen LogP contribution in [0.1, 0.15) is 5.56 Å². The lowest BCUT2D eigenvalue weighted by Gasteiger charge is -2.17. The zero-order valence-electron chi connectivity index (χ0n) is 14.4. The molecule has 1 aliphatic heterocycles. The van der Waals surface area contributed by atoms with Crippen LogP contribution in [0.4, 0.5) is 28.0 Å². The summed E-state index contributed by atoms with van der Waals surface area (Å²) >= 11 is 0. The van der Waals surface area contributed by atoms with Crippen LogP contribution in [0.2, 0.25) is 0 Å². The highest BCUT2D eigenvalue weighted by molar-refractivity contribution is 5.98. The van der Waals surface area contributed by atoms with Gasteiger partial charge in [0.05, 0.1) is 5.56 Å². The molecule has 0 unspecified atom stereocenters. The number of hydrogen-bond donors (Lipinski definition) is 2. The van der Waals surface area contributed by atoms with E-state index in [2.05, 4.69) is 15.6 Å². The number of benzene rings is 1. The summed E-state index contributed by atoms with van der Waals surface area (Å²) in [4.78, 5) is 28.4. The van der Waals surface area contributed by atoms with Crippen molar-refractivity contribution in [2.75, 3.05) is 18.9 Å². The Morgan fingerprint density at radius 3 is 2.64 bits per heavy atom. The number of amides is 3. The molecule has 1 fully saturated rings. The lowest BCUT2D eigenvalue weighted by molar-refractivity contribution is -0.137. The molecule has 1 aliphatic rings. The molecule has 1 saturated heterocycles. The maximum absolute atomic E-state index is 13.8. The number of nitrogens with zero attached hydrogens (tertiary/aromatic N) is 2. The Hall–Kier alpha value is -3.37. The van der Waals surface area contributed by atoms with Crippen molar-refractivity contribution in [1.29, 1.82) is 0 Å². The third-order valence-electron chi connectivity index (χ3n) is 3.96. The fraction of sp³-hybridized carbons (Fsp3) is 0.235. The smallest absolute Gasteiger partial charge is 0.417 e. The maximum Gasteiger partial charge on any atom is 0.417 e. The van der Waals surface area contributed by atoms with Crippen LogP contribution in [0.5, 0.6) is 11.6 Å². The molecule has 0 aliphatic carbocycles. The van der Waals surface area contributed by atoms with E-state index < -0.39 is 35.5 Å². The number of anilines is 1. The third-order valence-corrected chi connectivity index (χ3v) is 3.96. The Morgan fingerprint density at radius 2 is 2.07 bits per heavy atom. The Labute approximate surface area is 156 Å². The fourth-order valence-electron chi connectivity index (χ4n) is 2.50. The van der Waals surface area contributed by atoms with Gasteiger partial charge in [0.15, 0.2) is 0 Å². The van der Waals surface area contributed by atoms with E-state index in [0.717, 1.165) is 24.3 Å². The molecule has 0 radical (unpaired) electrons. The highest BCUT2D eigenvalue weighted by Gasteiger charge is 2.33. The van der Waals surface area contributed by atoms with Gasteiger partial charge in [-0.15, -0.1) is 0 Å². The van der Waals surface area contributed by atoms with Crippen LogP contribution in [0.25, 0.3) is 0 Å². The first kappa shape index (κ1) is 19.4. The molecule has 1 atom stereocenters. The first-order chi connectivity index (χ1) is 13.1. The van der Waals surface area contributed by atoms with E-state index in [4.69, 9.17) is 4.74 Å². The number of carbonyl (C=O) groups excluding carboxylic acids is 2. The summed E-state index contributed by atoms with van der Waals surface area (Å²) < 4.78 is 56.8. The van der Waals surface area contributed by atoms with Gasteiger partial charge < -0.3 is 20.3 Å². The number of rotatable bonds is 4. The van der Waals surface area contributed by atoms with E-state index in [9.17, 15) is 27.2 Å². The highest BCUT2D eigenvalue weighted by atomic mass is 19.4. The molecule has 1 aromatic carbocycles. The molecule has 0 bridgehead atoms. The minimum absolute atomic E-state index is 0.0552. The molecule has 0 saturated carbocycles. The zero-order valence-corrected chi connectivity index (χ0v) is 14.4. The van der Waals surface area contributed by atoms with Gasteiger partial charge in [-0.1, -0.05) is 0 Å². The van der Waals surface area contributed by atoms with Crippen molar-refractivity contribution in [3.05, 3.63) is 47.9 Å². The average molecular weight is 398 g/mol. The first-order valence-electron chi connectivity index (χ1n) is 7.97. The number of likely N-dealkylation sites (N-methyl/N-ethyl adjacent to an activating group) is 1. The Bertz CT molecular complexity index is 902. The van der Waals surface area contributed by atoms with Gasteiger partial charge in [-0.2, -0.15) is 13.2 Å². The van der Waals surface area contributed by atoms with Gasteiger partial charge in [0.25, 0.3) is 0 Å². The molecule has 2 heterocycles.